The predicted octanol–water partition coefficient (Wildman–Crippen LogP) is 0.322. The SMILES string of the molecule is O=C1NC2CSC(CCCCNC(=O)c3cncc([At])c3)C2N1. The number of pyridine rings is 1. The Bertz CT molecular complexity index is 601. The number of urea groups is 1. The minimum absolute atomic E-state index is 0.0365. The fourth-order valence-electron chi connectivity index (χ4n) is 2.95. The second-order valence-corrected chi connectivity index (χ2v) is 8.73. The molecule has 0 aromatic carbocycles. The molecule has 0 saturated carbocycles. The van der Waals surface area contributed by atoms with Crippen molar-refractivity contribution in [2.75, 3.05) is 12.3 Å². The van der Waals surface area contributed by atoms with Crippen LogP contribution in [-0.2, 0) is 0 Å². The van der Waals surface area contributed by atoms with Gasteiger partial charge in [0.05, 0.1) is 0 Å². The molecule has 6 nitrogen and oxygen atoms in total. The first kappa shape index (κ1) is 17.0. The maximum atomic E-state index is 12.0. The fourth-order valence-corrected chi connectivity index (χ4v) is 5.17. The van der Waals surface area contributed by atoms with Crippen LogP contribution >= 0.6 is 11.8 Å². The first-order valence-electron chi connectivity index (χ1n) is 7.71. The van der Waals surface area contributed by atoms with Gasteiger partial charge >= 0.3 is 145 Å². The van der Waals surface area contributed by atoms with Crippen LogP contribution in [0.2, 0.25) is 0 Å². The number of aromatic nitrogens is 1. The third-order valence-electron chi connectivity index (χ3n) is 4.11. The molecule has 0 aliphatic carbocycles. The summed E-state index contributed by atoms with van der Waals surface area (Å²) in [6.45, 7) is 0.674. The Morgan fingerprint density at radius 3 is 3.09 bits per heavy atom. The molecule has 3 N–H and O–H groups in total. The zero-order chi connectivity index (χ0) is 16.2. The van der Waals surface area contributed by atoms with E-state index >= 15 is 0 Å². The minimum atomic E-state index is -0.0571. The van der Waals surface area contributed by atoms with Crippen LogP contribution < -0.4 is 19.2 Å². The average molecular weight is 529 g/mol. The summed E-state index contributed by atoms with van der Waals surface area (Å²) in [7, 11) is 0. The quantitative estimate of drug-likeness (QED) is 0.367. The molecule has 3 rings (SSSR count). The number of nitrogens with one attached hydrogen (secondary N) is 3. The molecule has 2 aliphatic heterocycles. The number of nitrogens with zero attached hydrogens (tertiary/aromatic N) is 1. The van der Waals surface area contributed by atoms with Crippen molar-refractivity contribution in [3.8, 4) is 0 Å². The molecule has 2 fully saturated rings. The summed E-state index contributed by atoms with van der Waals surface area (Å²) < 4.78 is 1.04. The monoisotopic (exact) mass is 529 g/mol. The van der Waals surface area contributed by atoms with Gasteiger partial charge in [-0.1, -0.05) is 0 Å². The van der Waals surface area contributed by atoms with Gasteiger partial charge in [0.25, 0.3) is 0 Å². The molecule has 2 saturated heterocycles. The number of unbranched alkanes of at least 4 members (excludes halogenated alkanes) is 1. The van der Waals surface area contributed by atoms with Crippen molar-refractivity contribution < 1.29 is 34.3 Å². The van der Waals surface area contributed by atoms with Gasteiger partial charge in [-0.15, -0.1) is 0 Å². The summed E-state index contributed by atoms with van der Waals surface area (Å²) in [6.07, 6.45) is 6.42. The van der Waals surface area contributed by atoms with E-state index in [2.05, 4.69) is 20.9 Å². The van der Waals surface area contributed by atoms with E-state index < -0.39 is 0 Å². The molecule has 0 bridgehead atoms. The Morgan fingerprint density at radius 1 is 1.39 bits per heavy atom. The Labute approximate surface area is 154 Å². The molecule has 0 spiro atoms. The molecular weight excluding hydrogens is 510 g/mol. The third kappa shape index (κ3) is 4.35. The number of carbonyl (C=O) groups excluding carboxylic acids is 2. The van der Waals surface area contributed by atoms with E-state index in [0.717, 1.165) is 28.3 Å². The first-order chi connectivity index (χ1) is 11.1. The van der Waals surface area contributed by atoms with E-state index in [-0.39, 0.29) is 24.0 Å². The van der Waals surface area contributed by atoms with Crippen LogP contribution in [0.1, 0.15) is 29.6 Å². The van der Waals surface area contributed by atoms with Gasteiger partial charge < -0.3 is 5.32 Å². The van der Waals surface area contributed by atoms with E-state index in [1.54, 1.807) is 12.4 Å². The fraction of sp³-hybridized carbons (Fsp3) is 0.533. The van der Waals surface area contributed by atoms with Gasteiger partial charge in [-0.3, -0.25) is 0 Å². The second-order valence-electron chi connectivity index (χ2n) is 5.77. The van der Waals surface area contributed by atoms with E-state index in [1.165, 1.54) is 24.7 Å². The number of fused-ring (bicyclic) bond motifs is 1. The maximum absolute atomic E-state index is 12.0. The van der Waals surface area contributed by atoms with Gasteiger partial charge in [0.1, 0.15) is 0 Å². The molecule has 3 unspecified atom stereocenters. The number of hydrogen-bond acceptors (Lipinski definition) is 4. The summed E-state index contributed by atoms with van der Waals surface area (Å²) >= 11 is 3.44. The normalized spacial score (nSPS) is 25.6. The number of rotatable bonds is 6. The molecule has 3 heterocycles. The van der Waals surface area contributed by atoms with Crippen molar-refractivity contribution >= 4 is 27.0 Å². The van der Waals surface area contributed by atoms with Crippen molar-refractivity contribution in [2.45, 2.75) is 36.6 Å². The molecule has 124 valence electrons. The van der Waals surface area contributed by atoms with Crippen LogP contribution in [0.15, 0.2) is 18.5 Å². The zero-order valence-corrected chi connectivity index (χ0v) is 16.3. The number of amides is 3. The van der Waals surface area contributed by atoms with Crippen molar-refractivity contribution in [2.24, 2.45) is 0 Å². The van der Waals surface area contributed by atoms with Crippen molar-refractivity contribution in [1.29, 1.82) is 0 Å². The molecule has 2 aliphatic rings. The molecule has 23 heavy (non-hydrogen) atoms. The van der Waals surface area contributed by atoms with Gasteiger partial charge in [0, 0.05) is 0 Å². The van der Waals surface area contributed by atoms with Gasteiger partial charge in [-0.2, -0.15) is 0 Å². The Hall–Kier alpha value is -0.877. The molecule has 1 aromatic heterocycles. The molecule has 8 heteroatoms. The number of hydrogen-bond donors (Lipinski definition) is 3. The summed E-state index contributed by atoms with van der Waals surface area (Å²) in [6, 6.07) is 2.38. The van der Waals surface area contributed by atoms with Gasteiger partial charge in [-0.25, -0.2) is 4.79 Å². The van der Waals surface area contributed by atoms with Crippen molar-refractivity contribution in [3.05, 3.63) is 24.0 Å². The second kappa shape index (κ2) is 7.80. The van der Waals surface area contributed by atoms with Crippen LogP contribution in [0.5, 0.6) is 0 Å². The van der Waals surface area contributed by atoms with Crippen LogP contribution in [0.3, 0.4) is 0 Å². The van der Waals surface area contributed by atoms with Crippen molar-refractivity contribution in [3.63, 3.8) is 0 Å². The van der Waals surface area contributed by atoms with E-state index in [9.17, 15) is 9.59 Å². The van der Waals surface area contributed by atoms with E-state index in [0.29, 0.717) is 17.4 Å². The predicted molar refractivity (Wildman–Crippen MR) is 85.5 cm³/mol. The number of thioether (sulfide) groups is 1. The van der Waals surface area contributed by atoms with Gasteiger partial charge in [-0.05, 0) is 0 Å². The Morgan fingerprint density at radius 2 is 2.26 bits per heavy atom. The Balaban J connectivity index is 1.34. The van der Waals surface area contributed by atoms with Crippen molar-refractivity contribution in [1.82, 2.24) is 20.9 Å². The standard InChI is InChI=1S/C15H19AtN4O2S/c16-10-5-9(6-17-7-10)14(21)18-4-2-1-3-12-13-11(8-23-12)19-15(22)20-13/h5-7,11-13H,1-4,8H2,(H,18,21)(H2,19,20,22). The topological polar surface area (TPSA) is 83.1 Å². The average Bonchev–Trinajstić information content (AvgIpc) is 3.06. The van der Waals surface area contributed by atoms with Crippen LogP contribution in [0.4, 0.5) is 4.79 Å². The summed E-state index contributed by atoms with van der Waals surface area (Å²) in [5.74, 6) is 0.935. The zero-order valence-electron chi connectivity index (χ0n) is 12.5. The Kier molecular flexibility index (Phi) is 5.75. The summed E-state index contributed by atoms with van der Waals surface area (Å²) in [5, 5.41) is 9.39. The number of carbonyl (C=O) groups is 2. The molecule has 0 radical (unpaired) electrons. The van der Waals surface area contributed by atoms with Gasteiger partial charge in [0.15, 0.2) is 0 Å². The molecule has 3 amide bonds. The van der Waals surface area contributed by atoms with Crippen LogP contribution in [-0.4, -0.2) is 46.6 Å². The summed E-state index contributed by atoms with van der Waals surface area (Å²) in [4.78, 5) is 27.4. The van der Waals surface area contributed by atoms with Crippen LogP contribution in [0, 0.1) is 24.7 Å². The first-order valence-corrected chi connectivity index (χ1v) is 10.2. The summed E-state index contributed by atoms with van der Waals surface area (Å²) in [5.41, 5.74) is 0.624. The molecular formula is C15H19AtN4O2S. The van der Waals surface area contributed by atoms with Gasteiger partial charge in [0.2, 0.25) is 0 Å². The van der Waals surface area contributed by atoms with E-state index in [1.807, 2.05) is 17.8 Å². The molecule has 1 aromatic rings. The molecule has 3 atom stereocenters. The van der Waals surface area contributed by atoms with E-state index in [4.69, 9.17) is 0 Å². The van der Waals surface area contributed by atoms with Crippen LogP contribution in [0.25, 0.3) is 0 Å². The third-order valence-corrected chi connectivity index (χ3v) is 6.42.